The van der Waals surface area contributed by atoms with Gasteiger partial charge in [0.05, 0.1) is 17.1 Å². The maximum atomic E-state index is 13.2. The van der Waals surface area contributed by atoms with E-state index in [-0.39, 0.29) is 22.8 Å². The van der Waals surface area contributed by atoms with Gasteiger partial charge in [0.2, 0.25) is 10.0 Å². The Hall–Kier alpha value is -2.72. The molecule has 1 aromatic carbocycles. The zero-order valence-electron chi connectivity index (χ0n) is 18.6. The minimum Gasteiger partial charge on any atom is -0.271 e. The Morgan fingerprint density at radius 1 is 1.10 bits per heavy atom. The number of aromatic nitrogens is 2. The Labute approximate surface area is 183 Å². The van der Waals surface area contributed by atoms with Crippen LogP contribution >= 0.6 is 0 Å². The number of carbonyl (C=O) groups excluding carboxylic acids is 2. The van der Waals surface area contributed by atoms with E-state index in [9.17, 15) is 18.0 Å². The second-order valence-corrected chi connectivity index (χ2v) is 10.7. The van der Waals surface area contributed by atoms with Crippen LogP contribution in [0.25, 0.3) is 0 Å². The van der Waals surface area contributed by atoms with Crippen molar-refractivity contribution < 1.29 is 18.0 Å². The molecule has 1 saturated heterocycles. The summed E-state index contributed by atoms with van der Waals surface area (Å²) < 4.78 is 28.0. The molecule has 2 amide bonds. The highest BCUT2D eigenvalue weighted by molar-refractivity contribution is 7.89. The largest absolute Gasteiger partial charge is 0.290 e. The van der Waals surface area contributed by atoms with Gasteiger partial charge in [-0.25, -0.2) is 18.4 Å². The summed E-state index contributed by atoms with van der Waals surface area (Å²) >= 11 is 0. The summed E-state index contributed by atoms with van der Waals surface area (Å²) in [6.45, 7) is 6.41. The molecule has 1 fully saturated rings. The van der Waals surface area contributed by atoms with Gasteiger partial charge in [-0.05, 0) is 24.6 Å². The third kappa shape index (κ3) is 4.64. The van der Waals surface area contributed by atoms with Crippen LogP contribution in [0.1, 0.15) is 43.4 Å². The van der Waals surface area contributed by atoms with Crippen molar-refractivity contribution in [2.75, 3.05) is 26.7 Å². The summed E-state index contributed by atoms with van der Waals surface area (Å²) in [6.07, 6.45) is 0.622. The summed E-state index contributed by atoms with van der Waals surface area (Å²) in [4.78, 5) is 26.2. The van der Waals surface area contributed by atoms with Crippen LogP contribution in [0, 0.1) is 0 Å². The van der Waals surface area contributed by atoms with E-state index in [1.807, 2.05) is 20.8 Å². The number of hydrogen-bond acceptors (Lipinski definition) is 5. The van der Waals surface area contributed by atoms with Crippen LogP contribution in [0.2, 0.25) is 0 Å². The summed E-state index contributed by atoms with van der Waals surface area (Å²) in [5.41, 5.74) is 0.949. The molecule has 10 heteroatoms. The average Bonchev–Trinajstić information content (AvgIpc) is 3.34. The Morgan fingerprint density at radius 3 is 2.29 bits per heavy atom. The smallest absolute Gasteiger partial charge is 0.271 e. The van der Waals surface area contributed by atoms with Crippen molar-refractivity contribution >= 4 is 21.8 Å². The molecule has 2 aromatic rings. The number of rotatable bonds is 5. The molecule has 1 aromatic heterocycles. The van der Waals surface area contributed by atoms with Crippen molar-refractivity contribution in [2.24, 2.45) is 7.05 Å². The highest BCUT2D eigenvalue weighted by Crippen LogP contribution is 2.23. The normalized spacial score (nSPS) is 15.0. The molecule has 0 unspecified atom stereocenters. The van der Waals surface area contributed by atoms with Crippen LogP contribution in [-0.2, 0) is 27.3 Å². The average molecular weight is 448 g/mol. The Balaban J connectivity index is 1.76. The summed E-state index contributed by atoms with van der Waals surface area (Å²) in [7, 11) is -0.745. The van der Waals surface area contributed by atoms with Crippen molar-refractivity contribution in [3.05, 3.63) is 47.8 Å². The first kappa shape index (κ1) is 23.0. The molecule has 1 aliphatic heterocycles. The van der Waals surface area contributed by atoms with Gasteiger partial charge in [0.15, 0.2) is 0 Å². The zero-order chi connectivity index (χ0) is 23.0. The first-order chi connectivity index (χ1) is 14.4. The van der Waals surface area contributed by atoms with E-state index in [0.717, 1.165) is 10.00 Å². The number of aryl methyl sites for hydroxylation is 1. The molecule has 0 saturated carbocycles. The quantitative estimate of drug-likeness (QED) is 0.694. The fourth-order valence-corrected chi connectivity index (χ4v) is 4.52. The van der Waals surface area contributed by atoms with Crippen LogP contribution in [0.3, 0.4) is 0 Å². The molecule has 1 aliphatic rings. The Bertz CT molecular complexity index is 1070. The van der Waals surface area contributed by atoms with Crippen LogP contribution in [0.5, 0.6) is 0 Å². The van der Waals surface area contributed by atoms with Gasteiger partial charge in [0.1, 0.15) is 5.69 Å². The van der Waals surface area contributed by atoms with Crippen molar-refractivity contribution in [2.45, 2.75) is 37.5 Å². The number of nitrogens with zero attached hydrogens (tertiary/aromatic N) is 5. The standard InChI is InChI=1S/C21H29N5O4S/c1-21(2,3)18-14-17(24(5)22-18)20(28)26-13-9-12-25(26)19(27)15-23(4)31(29,30)16-10-7-6-8-11-16/h6-8,10-11,14H,9,12-13,15H2,1-5H3. The topological polar surface area (TPSA) is 95.8 Å². The number of carbonyl (C=O) groups is 2. The maximum absolute atomic E-state index is 13.2. The number of amides is 2. The lowest BCUT2D eigenvalue weighted by atomic mass is 9.92. The predicted octanol–water partition coefficient (Wildman–Crippen LogP) is 1.63. The molecule has 0 bridgehead atoms. The van der Waals surface area contributed by atoms with Gasteiger partial charge in [-0.3, -0.25) is 14.3 Å². The Morgan fingerprint density at radius 2 is 1.71 bits per heavy atom. The van der Waals surface area contributed by atoms with E-state index in [4.69, 9.17) is 0 Å². The monoisotopic (exact) mass is 447 g/mol. The third-order valence-corrected chi connectivity index (χ3v) is 7.05. The molecule has 0 spiro atoms. The molecule has 0 atom stereocenters. The molecule has 3 rings (SSSR count). The summed E-state index contributed by atoms with van der Waals surface area (Å²) in [5, 5.41) is 7.16. The first-order valence-electron chi connectivity index (χ1n) is 10.1. The van der Waals surface area contributed by atoms with Crippen molar-refractivity contribution in [1.29, 1.82) is 0 Å². The van der Waals surface area contributed by atoms with E-state index < -0.39 is 15.9 Å². The number of hydrogen-bond donors (Lipinski definition) is 0. The van der Waals surface area contributed by atoms with Gasteiger partial charge in [-0.1, -0.05) is 39.0 Å². The molecule has 9 nitrogen and oxygen atoms in total. The van der Waals surface area contributed by atoms with Gasteiger partial charge in [0, 0.05) is 32.6 Å². The fraction of sp³-hybridized carbons (Fsp3) is 0.476. The first-order valence-corrected chi connectivity index (χ1v) is 11.5. The third-order valence-electron chi connectivity index (χ3n) is 5.23. The van der Waals surface area contributed by atoms with Gasteiger partial charge in [0.25, 0.3) is 11.8 Å². The number of benzene rings is 1. The lowest BCUT2D eigenvalue weighted by Crippen LogP contribution is -2.49. The van der Waals surface area contributed by atoms with E-state index in [0.29, 0.717) is 25.2 Å². The number of hydrazine groups is 1. The second-order valence-electron chi connectivity index (χ2n) is 8.66. The zero-order valence-corrected chi connectivity index (χ0v) is 19.4. The van der Waals surface area contributed by atoms with Crippen LogP contribution in [0.4, 0.5) is 0 Å². The van der Waals surface area contributed by atoms with E-state index >= 15 is 0 Å². The molecule has 0 N–H and O–H groups in total. The minimum atomic E-state index is -3.80. The molecule has 2 heterocycles. The van der Waals surface area contributed by atoms with Crippen LogP contribution < -0.4 is 0 Å². The van der Waals surface area contributed by atoms with E-state index in [1.54, 1.807) is 31.3 Å². The van der Waals surface area contributed by atoms with Gasteiger partial charge in [-0.2, -0.15) is 9.40 Å². The molecular weight excluding hydrogens is 418 g/mol. The van der Waals surface area contributed by atoms with Gasteiger partial charge < -0.3 is 0 Å². The van der Waals surface area contributed by atoms with Crippen LogP contribution in [-0.4, -0.2) is 71.0 Å². The predicted molar refractivity (Wildman–Crippen MR) is 116 cm³/mol. The van der Waals surface area contributed by atoms with E-state index in [1.165, 1.54) is 33.9 Å². The van der Waals surface area contributed by atoms with Gasteiger partial charge >= 0.3 is 0 Å². The van der Waals surface area contributed by atoms with Crippen molar-refractivity contribution in [3.8, 4) is 0 Å². The second kappa shape index (κ2) is 8.43. The molecule has 31 heavy (non-hydrogen) atoms. The lowest BCUT2D eigenvalue weighted by Gasteiger charge is -2.29. The van der Waals surface area contributed by atoms with Crippen molar-refractivity contribution in [1.82, 2.24) is 24.1 Å². The fourth-order valence-electron chi connectivity index (χ4n) is 3.38. The van der Waals surface area contributed by atoms with Gasteiger partial charge in [-0.15, -0.1) is 0 Å². The highest BCUT2D eigenvalue weighted by atomic mass is 32.2. The molecular formula is C21H29N5O4S. The Kier molecular flexibility index (Phi) is 6.24. The lowest BCUT2D eigenvalue weighted by molar-refractivity contribution is -0.140. The van der Waals surface area contributed by atoms with E-state index in [2.05, 4.69) is 5.10 Å². The SMILES string of the molecule is CN(CC(=O)N1CCCN1C(=O)c1cc(C(C)(C)C)nn1C)S(=O)(=O)c1ccccc1. The molecule has 168 valence electrons. The highest BCUT2D eigenvalue weighted by Gasteiger charge is 2.35. The number of likely N-dealkylation sites (N-methyl/N-ethyl adjacent to an activating group) is 1. The van der Waals surface area contributed by atoms with Crippen LogP contribution in [0.15, 0.2) is 41.3 Å². The summed E-state index contributed by atoms with van der Waals surface area (Å²) in [6, 6.07) is 9.69. The molecule has 0 radical (unpaired) electrons. The maximum Gasteiger partial charge on any atom is 0.290 e. The minimum absolute atomic E-state index is 0.115. The van der Waals surface area contributed by atoms with Crippen molar-refractivity contribution in [3.63, 3.8) is 0 Å². The summed E-state index contributed by atoms with van der Waals surface area (Å²) in [5.74, 6) is -0.781. The molecule has 0 aliphatic carbocycles. The number of sulfonamides is 1.